The van der Waals surface area contributed by atoms with E-state index in [1.54, 1.807) is 0 Å². The number of aliphatic imine (C=N–C) groups is 1. The van der Waals surface area contributed by atoms with Crippen LogP contribution in [-0.2, 0) is 4.74 Å². The van der Waals surface area contributed by atoms with E-state index >= 15 is 0 Å². The third kappa shape index (κ3) is 4.98. The second-order valence-corrected chi connectivity index (χ2v) is 7.67. The van der Waals surface area contributed by atoms with Gasteiger partial charge >= 0.3 is 0 Å². The van der Waals surface area contributed by atoms with E-state index in [0.29, 0.717) is 6.04 Å². The molecule has 0 spiro atoms. The van der Waals surface area contributed by atoms with Gasteiger partial charge < -0.3 is 15.0 Å². The van der Waals surface area contributed by atoms with E-state index in [1.165, 1.54) is 24.0 Å². The number of ether oxygens (including phenoxy) is 1. The second kappa shape index (κ2) is 9.38. The number of nitrogens with one attached hydrogen (secondary N) is 1. The number of rotatable bonds is 4. The van der Waals surface area contributed by atoms with Crippen LogP contribution in [0, 0.1) is 12.8 Å². The Morgan fingerprint density at radius 2 is 1.81 bits per heavy atom. The van der Waals surface area contributed by atoms with Crippen molar-refractivity contribution in [3.05, 3.63) is 35.4 Å². The van der Waals surface area contributed by atoms with Gasteiger partial charge in [0, 0.05) is 39.8 Å². The normalized spacial score (nSPS) is 21.7. The number of likely N-dealkylation sites (tertiary alicyclic amines) is 1. The number of morpholine rings is 1. The Kier molecular flexibility index (Phi) is 6.92. The van der Waals surface area contributed by atoms with Crippen molar-refractivity contribution in [3.63, 3.8) is 0 Å². The number of hydrogen-bond acceptors (Lipinski definition) is 3. The number of nitrogens with zero attached hydrogens (tertiary/aromatic N) is 3. The molecule has 0 aromatic heterocycles. The zero-order valence-corrected chi connectivity index (χ0v) is 16.6. The van der Waals surface area contributed by atoms with Crippen molar-refractivity contribution < 1.29 is 4.74 Å². The quantitative estimate of drug-likeness (QED) is 0.664. The number of benzene rings is 1. The van der Waals surface area contributed by atoms with Crippen LogP contribution in [0.15, 0.2) is 29.3 Å². The van der Waals surface area contributed by atoms with Crippen LogP contribution in [0.2, 0.25) is 0 Å². The molecule has 2 saturated heterocycles. The Labute approximate surface area is 158 Å². The zero-order chi connectivity index (χ0) is 18.4. The van der Waals surface area contributed by atoms with Gasteiger partial charge in [0.2, 0.25) is 0 Å². The second-order valence-electron chi connectivity index (χ2n) is 7.67. The molecule has 0 amide bonds. The van der Waals surface area contributed by atoms with Crippen molar-refractivity contribution in [1.82, 2.24) is 15.1 Å². The van der Waals surface area contributed by atoms with Gasteiger partial charge in [-0.25, -0.2) is 0 Å². The van der Waals surface area contributed by atoms with Crippen LogP contribution in [0.1, 0.15) is 36.9 Å². The Balaban J connectivity index is 1.67. The monoisotopic (exact) mass is 358 g/mol. The SMILES string of the molecule is CN=C(NCC(c1ccc(C)cc1)N1CCOCC1)N1CCC(C)CC1. The summed E-state index contributed by atoms with van der Waals surface area (Å²) in [5.74, 6) is 1.88. The molecule has 26 heavy (non-hydrogen) atoms. The minimum atomic E-state index is 0.347. The van der Waals surface area contributed by atoms with Gasteiger partial charge in [-0.15, -0.1) is 0 Å². The molecule has 1 atom stereocenters. The maximum absolute atomic E-state index is 5.56. The molecule has 0 radical (unpaired) electrons. The fourth-order valence-corrected chi connectivity index (χ4v) is 3.88. The van der Waals surface area contributed by atoms with Crippen LogP contribution in [-0.4, -0.2) is 68.7 Å². The van der Waals surface area contributed by atoms with E-state index in [1.807, 2.05) is 7.05 Å². The minimum absolute atomic E-state index is 0.347. The minimum Gasteiger partial charge on any atom is -0.379 e. The lowest BCUT2D eigenvalue weighted by atomic mass is 9.99. The zero-order valence-electron chi connectivity index (χ0n) is 16.6. The van der Waals surface area contributed by atoms with E-state index in [-0.39, 0.29) is 0 Å². The summed E-state index contributed by atoms with van der Waals surface area (Å²) in [5.41, 5.74) is 2.67. The Bertz CT molecular complexity index is 572. The molecular weight excluding hydrogens is 324 g/mol. The van der Waals surface area contributed by atoms with Gasteiger partial charge in [0.1, 0.15) is 0 Å². The lowest BCUT2D eigenvalue weighted by molar-refractivity contribution is 0.0168. The van der Waals surface area contributed by atoms with Crippen LogP contribution < -0.4 is 5.32 Å². The van der Waals surface area contributed by atoms with E-state index in [9.17, 15) is 0 Å². The maximum Gasteiger partial charge on any atom is 0.193 e. The standard InChI is InChI=1S/C21H34N4O/c1-17-4-6-19(7-5-17)20(24-12-14-26-15-13-24)16-23-21(22-3)25-10-8-18(2)9-11-25/h4-7,18,20H,8-16H2,1-3H3,(H,22,23). The highest BCUT2D eigenvalue weighted by atomic mass is 16.5. The molecule has 2 aliphatic rings. The summed E-state index contributed by atoms with van der Waals surface area (Å²) in [4.78, 5) is 9.49. The summed E-state index contributed by atoms with van der Waals surface area (Å²) in [7, 11) is 1.90. The summed E-state index contributed by atoms with van der Waals surface area (Å²) >= 11 is 0. The van der Waals surface area contributed by atoms with Crippen molar-refractivity contribution in [2.75, 3.05) is 53.0 Å². The average molecular weight is 359 g/mol. The molecule has 0 aliphatic carbocycles. The Morgan fingerprint density at radius 1 is 1.15 bits per heavy atom. The van der Waals surface area contributed by atoms with Gasteiger partial charge in [0.05, 0.1) is 19.3 Å². The number of piperidine rings is 1. The van der Waals surface area contributed by atoms with Crippen molar-refractivity contribution >= 4 is 5.96 Å². The first-order valence-electron chi connectivity index (χ1n) is 10.0. The predicted octanol–water partition coefficient (Wildman–Crippen LogP) is 2.68. The summed E-state index contributed by atoms with van der Waals surface area (Å²) in [6, 6.07) is 9.30. The van der Waals surface area contributed by atoms with Crippen molar-refractivity contribution in [1.29, 1.82) is 0 Å². The number of guanidine groups is 1. The van der Waals surface area contributed by atoms with Crippen LogP contribution in [0.5, 0.6) is 0 Å². The molecule has 1 aromatic rings. The van der Waals surface area contributed by atoms with Crippen molar-refractivity contribution in [2.24, 2.45) is 10.9 Å². The maximum atomic E-state index is 5.56. The molecule has 0 bridgehead atoms. The van der Waals surface area contributed by atoms with Crippen LogP contribution in [0.3, 0.4) is 0 Å². The van der Waals surface area contributed by atoms with Crippen LogP contribution in [0.25, 0.3) is 0 Å². The summed E-state index contributed by atoms with van der Waals surface area (Å²) in [6.45, 7) is 11.2. The molecule has 5 nitrogen and oxygen atoms in total. The fourth-order valence-electron chi connectivity index (χ4n) is 3.88. The molecular formula is C21H34N4O. The molecule has 2 fully saturated rings. The molecule has 144 valence electrons. The first-order valence-corrected chi connectivity index (χ1v) is 10.0. The average Bonchev–Trinajstić information content (AvgIpc) is 2.68. The first-order chi connectivity index (χ1) is 12.7. The van der Waals surface area contributed by atoms with Crippen LogP contribution in [0.4, 0.5) is 0 Å². The summed E-state index contributed by atoms with van der Waals surface area (Å²) < 4.78 is 5.56. The van der Waals surface area contributed by atoms with E-state index in [0.717, 1.165) is 57.8 Å². The van der Waals surface area contributed by atoms with Gasteiger partial charge in [-0.1, -0.05) is 36.8 Å². The van der Waals surface area contributed by atoms with Gasteiger partial charge in [0.15, 0.2) is 5.96 Å². The third-order valence-corrected chi connectivity index (χ3v) is 5.70. The largest absolute Gasteiger partial charge is 0.379 e. The molecule has 5 heteroatoms. The first kappa shape index (κ1) is 19.2. The summed E-state index contributed by atoms with van der Waals surface area (Å²) in [5, 5.41) is 3.66. The van der Waals surface area contributed by atoms with E-state index < -0.39 is 0 Å². The fraction of sp³-hybridized carbons (Fsp3) is 0.667. The van der Waals surface area contributed by atoms with Gasteiger partial charge in [0.25, 0.3) is 0 Å². The third-order valence-electron chi connectivity index (χ3n) is 5.70. The molecule has 0 saturated carbocycles. The number of hydrogen-bond donors (Lipinski definition) is 1. The highest BCUT2D eigenvalue weighted by molar-refractivity contribution is 5.80. The topological polar surface area (TPSA) is 40.1 Å². The van der Waals surface area contributed by atoms with E-state index in [4.69, 9.17) is 4.74 Å². The number of aryl methyl sites for hydroxylation is 1. The van der Waals surface area contributed by atoms with Crippen molar-refractivity contribution in [2.45, 2.75) is 32.7 Å². The van der Waals surface area contributed by atoms with Gasteiger partial charge in [-0.2, -0.15) is 0 Å². The van der Waals surface area contributed by atoms with E-state index in [2.05, 4.69) is 58.2 Å². The Hall–Kier alpha value is -1.59. The highest BCUT2D eigenvalue weighted by Crippen LogP contribution is 2.22. The highest BCUT2D eigenvalue weighted by Gasteiger charge is 2.24. The van der Waals surface area contributed by atoms with Gasteiger partial charge in [-0.3, -0.25) is 9.89 Å². The molecule has 1 aromatic carbocycles. The Morgan fingerprint density at radius 3 is 2.42 bits per heavy atom. The molecule has 1 unspecified atom stereocenters. The molecule has 2 heterocycles. The van der Waals surface area contributed by atoms with Crippen LogP contribution >= 0.6 is 0 Å². The smallest absolute Gasteiger partial charge is 0.193 e. The predicted molar refractivity (Wildman–Crippen MR) is 108 cm³/mol. The molecule has 2 aliphatic heterocycles. The molecule has 3 rings (SSSR count). The lowest BCUT2D eigenvalue weighted by Crippen LogP contribution is -2.49. The van der Waals surface area contributed by atoms with Gasteiger partial charge in [-0.05, 0) is 31.2 Å². The van der Waals surface area contributed by atoms with Crippen molar-refractivity contribution in [3.8, 4) is 0 Å². The lowest BCUT2D eigenvalue weighted by Gasteiger charge is -2.37. The summed E-state index contributed by atoms with van der Waals surface area (Å²) in [6.07, 6.45) is 2.51. The molecule has 1 N–H and O–H groups in total.